The number of primary amides is 1. The number of piperidine rings is 1. The van der Waals surface area contributed by atoms with Crippen molar-refractivity contribution in [3.05, 3.63) is 42.1 Å². The van der Waals surface area contributed by atoms with Gasteiger partial charge in [-0.25, -0.2) is 4.98 Å². The molecule has 4 rings (SSSR count). The largest absolute Gasteiger partial charge is 0.490 e. The minimum Gasteiger partial charge on any atom is -0.490 e. The number of aliphatic imine (C=N–C) groups is 1. The number of pyridine rings is 1. The van der Waals surface area contributed by atoms with Gasteiger partial charge in [0, 0.05) is 62.5 Å². The van der Waals surface area contributed by atoms with Crippen molar-refractivity contribution in [2.45, 2.75) is 25.8 Å². The number of nitrogens with two attached hydrogens (primary N) is 1. The summed E-state index contributed by atoms with van der Waals surface area (Å²) in [6, 6.07) is 9.75. The highest BCUT2D eigenvalue weighted by Gasteiger charge is 2.25. The van der Waals surface area contributed by atoms with Crippen LogP contribution in [0.4, 0.5) is 11.5 Å². The Balaban J connectivity index is 0.00000306. The summed E-state index contributed by atoms with van der Waals surface area (Å²) >= 11 is 0. The van der Waals surface area contributed by atoms with E-state index in [1.54, 1.807) is 13.2 Å². The van der Waals surface area contributed by atoms with E-state index in [0.29, 0.717) is 25.7 Å². The standard InChI is InChI=1S/C23H30N6O3.HI/c1-25-23(28-18-5-6-19-20(14-18)32-13-3-12-31-19)27-15-17-4-2-9-26-22(17)29-10-7-16(8-11-29)21(24)30;/h2,4-6,9,14,16H,3,7-8,10-13,15H2,1H3,(H2,24,30)(H2,25,27,28);1H. The van der Waals surface area contributed by atoms with Crippen molar-refractivity contribution in [2.75, 3.05) is 43.6 Å². The number of rotatable bonds is 5. The second kappa shape index (κ2) is 11.9. The Morgan fingerprint density at radius 1 is 1.21 bits per heavy atom. The monoisotopic (exact) mass is 566 g/mol. The molecule has 33 heavy (non-hydrogen) atoms. The Bertz CT molecular complexity index is 978. The lowest BCUT2D eigenvalue weighted by Gasteiger charge is -2.32. The number of carbonyl (C=O) groups is 1. The molecule has 1 saturated heterocycles. The second-order valence-corrected chi connectivity index (χ2v) is 7.91. The molecule has 1 amide bonds. The number of nitrogens with zero attached hydrogens (tertiary/aromatic N) is 3. The van der Waals surface area contributed by atoms with Gasteiger partial charge in [-0.1, -0.05) is 6.07 Å². The van der Waals surface area contributed by atoms with Crippen molar-refractivity contribution < 1.29 is 14.3 Å². The maximum absolute atomic E-state index is 11.5. The van der Waals surface area contributed by atoms with Crippen LogP contribution in [0.2, 0.25) is 0 Å². The first-order chi connectivity index (χ1) is 15.6. The van der Waals surface area contributed by atoms with Crippen LogP contribution in [0.3, 0.4) is 0 Å². The van der Waals surface area contributed by atoms with Crippen LogP contribution in [0, 0.1) is 5.92 Å². The van der Waals surface area contributed by atoms with Gasteiger partial charge >= 0.3 is 0 Å². The first-order valence-electron chi connectivity index (χ1n) is 11.0. The summed E-state index contributed by atoms with van der Waals surface area (Å²) in [6.07, 6.45) is 4.18. The molecule has 178 valence electrons. The molecule has 0 unspecified atom stereocenters. The number of guanidine groups is 1. The zero-order valence-electron chi connectivity index (χ0n) is 18.8. The summed E-state index contributed by atoms with van der Waals surface area (Å²) in [5, 5.41) is 6.66. The number of aromatic nitrogens is 1. The van der Waals surface area contributed by atoms with Gasteiger partial charge in [-0.2, -0.15) is 0 Å². The molecule has 0 radical (unpaired) electrons. The van der Waals surface area contributed by atoms with E-state index in [1.807, 2.05) is 24.3 Å². The third kappa shape index (κ3) is 6.40. The molecule has 0 spiro atoms. The topological polar surface area (TPSA) is 114 Å². The highest BCUT2D eigenvalue weighted by Crippen LogP contribution is 2.32. The molecule has 2 aliphatic heterocycles. The molecule has 0 saturated carbocycles. The Morgan fingerprint density at radius 3 is 2.70 bits per heavy atom. The highest BCUT2D eigenvalue weighted by atomic mass is 127. The first kappa shape index (κ1) is 24.9. The van der Waals surface area contributed by atoms with Crippen LogP contribution in [0.5, 0.6) is 11.5 Å². The smallest absolute Gasteiger partial charge is 0.220 e. The number of hydrogen-bond acceptors (Lipinski definition) is 6. The van der Waals surface area contributed by atoms with Gasteiger partial charge in [0.25, 0.3) is 0 Å². The van der Waals surface area contributed by atoms with Crippen molar-refractivity contribution in [1.82, 2.24) is 10.3 Å². The zero-order valence-corrected chi connectivity index (χ0v) is 21.1. The predicted octanol–water partition coefficient (Wildman–Crippen LogP) is 2.75. The van der Waals surface area contributed by atoms with E-state index in [-0.39, 0.29) is 35.8 Å². The molecular formula is C23H31IN6O3. The van der Waals surface area contributed by atoms with Crippen LogP contribution in [0.15, 0.2) is 41.5 Å². The number of ether oxygens (including phenoxy) is 2. The van der Waals surface area contributed by atoms with E-state index >= 15 is 0 Å². The second-order valence-electron chi connectivity index (χ2n) is 7.91. The van der Waals surface area contributed by atoms with Crippen LogP contribution in [0.1, 0.15) is 24.8 Å². The van der Waals surface area contributed by atoms with Gasteiger partial charge in [-0.3, -0.25) is 9.79 Å². The van der Waals surface area contributed by atoms with E-state index in [9.17, 15) is 4.79 Å². The van der Waals surface area contributed by atoms with Gasteiger partial charge < -0.3 is 30.7 Å². The van der Waals surface area contributed by atoms with Crippen LogP contribution in [-0.4, -0.2) is 50.2 Å². The van der Waals surface area contributed by atoms with Gasteiger partial charge in [0.05, 0.1) is 13.2 Å². The maximum Gasteiger partial charge on any atom is 0.220 e. The molecule has 2 aromatic rings. The average Bonchev–Trinajstić information content (AvgIpc) is 3.07. The summed E-state index contributed by atoms with van der Waals surface area (Å²) < 4.78 is 11.5. The zero-order chi connectivity index (χ0) is 22.3. The lowest BCUT2D eigenvalue weighted by molar-refractivity contribution is -0.122. The number of fused-ring (bicyclic) bond motifs is 1. The number of carbonyl (C=O) groups excluding carboxylic acids is 1. The fourth-order valence-electron chi connectivity index (χ4n) is 3.96. The third-order valence-electron chi connectivity index (χ3n) is 5.74. The Kier molecular flexibility index (Phi) is 8.98. The number of halogens is 1. The Morgan fingerprint density at radius 2 is 1.97 bits per heavy atom. The molecule has 4 N–H and O–H groups in total. The van der Waals surface area contributed by atoms with E-state index in [2.05, 4.69) is 31.6 Å². The SMILES string of the molecule is CN=C(NCc1cccnc1N1CCC(C(N)=O)CC1)Nc1ccc2c(c1)OCCCO2.I. The van der Waals surface area contributed by atoms with Crippen LogP contribution in [0.25, 0.3) is 0 Å². The molecule has 0 atom stereocenters. The molecule has 3 heterocycles. The van der Waals surface area contributed by atoms with E-state index in [0.717, 1.165) is 60.9 Å². The minimum atomic E-state index is -0.211. The summed E-state index contributed by atoms with van der Waals surface area (Å²) in [4.78, 5) is 22.6. The number of nitrogens with one attached hydrogen (secondary N) is 2. The van der Waals surface area contributed by atoms with Crippen LogP contribution < -0.4 is 30.7 Å². The van der Waals surface area contributed by atoms with Crippen LogP contribution >= 0.6 is 24.0 Å². The average molecular weight is 566 g/mol. The predicted molar refractivity (Wildman–Crippen MR) is 140 cm³/mol. The van der Waals surface area contributed by atoms with Crippen molar-refractivity contribution in [3.63, 3.8) is 0 Å². The molecule has 1 aromatic carbocycles. The minimum absolute atomic E-state index is 0. The normalized spacial score (nSPS) is 16.4. The summed E-state index contributed by atoms with van der Waals surface area (Å²) in [5.74, 6) is 2.80. The molecule has 2 aliphatic rings. The Labute approximate surface area is 211 Å². The van der Waals surface area contributed by atoms with E-state index in [4.69, 9.17) is 15.2 Å². The number of anilines is 2. The number of amides is 1. The molecule has 1 fully saturated rings. The van der Waals surface area contributed by atoms with Gasteiger partial charge in [-0.15, -0.1) is 24.0 Å². The molecule has 9 nitrogen and oxygen atoms in total. The van der Waals surface area contributed by atoms with Crippen LogP contribution in [-0.2, 0) is 11.3 Å². The van der Waals surface area contributed by atoms with Gasteiger partial charge in [-0.05, 0) is 31.0 Å². The highest BCUT2D eigenvalue weighted by molar-refractivity contribution is 14.0. The molecule has 10 heteroatoms. The van der Waals surface area contributed by atoms with Gasteiger partial charge in [0.1, 0.15) is 5.82 Å². The summed E-state index contributed by atoms with van der Waals surface area (Å²) in [5.41, 5.74) is 7.39. The van der Waals surface area contributed by atoms with Crippen molar-refractivity contribution in [2.24, 2.45) is 16.6 Å². The van der Waals surface area contributed by atoms with Gasteiger partial charge in [0.2, 0.25) is 5.91 Å². The van der Waals surface area contributed by atoms with Crippen molar-refractivity contribution in [3.8, 4) is 11.5 Å². The van der Waals surface area contributed by atoms with E-state index < -0.39 is 0 Å². The fraction of sp³-hybridized carbons (Fsp3) is 0.435. The molecule has 0 bridgehead atoms. The van der Waals surface area contributed by atoms with Crippen molar-refractivity contribution in [1.29, 1.82) is 0 Å². The third-order valence-corrected chi connectivity index (χ3v) is 5.74. The molecular weight excluding hydrogens is 535 g/mol. The van der Waals surface area contributed by atoms with Gasteiger partial charge in [0.15, 0.2) is 17.5 Å². The quantitative estimate of drug-likeness (QED) is 0.290. The summed E-state index contributed by atoms with van der Waals surface area (Å²) in [6.45, 7) is 3.40. The molecule has 1 aromatic heterocycles. The molecule has 0 aliphatic carbocycles. The lowest BCUT2D eigenvalue weighted by atomic mass is 9.96. The Hall–Kier alpha value is -2.76. The van der Waals surface area contributed by atoms with E-state index in [1.165, 1.54) is 0 Å². The number of benzene rings is 1. The number of hydrogen-bond donors (Lipinski definition) is 3. The maximum atomic E-state index is 11.5. The van der Waals surface area contributed by atoms with Crippen molar-refractivity contribution >= 4 is 47.3 Å². The summed E-state index contributed by atoms with van der Waals surface area (Å²) in [7, 11) is 1.73. The first-order valence-corrected chi connectivity index (χ1v) is 11.0. The fourth-order valence-corrected chi connectivity index (χ4v) is 3.96. The lowest BCUT2D eigenvalue weighted by Crippen LogP contribution is -2.39.